The fraction of sp³-hybridized carbons (Fsp3) is 0.0714. The Kier molecular flexibility index (Phi) is 2.68. The molecule has 96 valence electrons. The van der Waals surface area contributed by atoms with E-state index < -0.39 is 0 Å². The molecule has 0 unspecified atom stereocenters. The first-order valence-corrected chi connectivity index (χ1v) is 6.13. The van der Waals surface area contributed by atoms with Gasteiger partial charge in [-0.05, 0) is 36.8 Å². The van der Waals surface area contributed by atoms with Gasteiger partial charge in [-0.2, -0.15) is 0 Å². The van der Waals surface area contributed by atoms with Crippen LogP contribution in [0.2, 0.25) is 5.02 Å². The van der Waals surface area contributed by atoms with Gasteiger partial charge in [-0.3, -0.25) is 0 Å². The van der Waals surface area contributed by atoms with Crippen LogP contribution >= 0.6 is 11.6 Å². The zero-order chi connectivity index (χ0) is 13.6. The van der Waals surface area contributed by atoms with E-state index in [0.29, 0.717) is 27.6 Å². The van der Waals surface area contributed by atoms with Crippen molar-refractivity contribution >= 4 is 28.3 Å². The average molecular weight is 276 g/mol. The molecule has 5 heteroatoms. The fourth-order valence-corrected chi connectivity index (χ4v) is 2.31. The summed E-state index contributed by atoms with van der Waals surface area (Å²) < 4.78 is 13.3. The second kappa shape index (κ2) is 4.24. The number of benzene rings is 2. The molecule has 0 saturated carbocycles. The molecule has 0 amide bonds. The highest BCUT2D eigenvalue weighted by atomic mass is 35.5. The van der Waals surface area contributed by atoms with E-state index in [1.165, 1.54) is 12.1 Å². The summed E-state index contributed by atoms with van der Waals surface area (Å²) in [6.07, 6.45) is 0. The summed E-state index contributed by atoms with van der Waals surface area (Å²) in [6, 6.07) is 7.98. The van der Waals surface area contributed by atoms with E-state index in [2.05, 4.69) is 9.97 Å². The maximum atomic E-state index is 13.3. The number of aromatic nitrogens is 2. The number of nitrogens with two attached hydrogens (primary N) is 1. The highest BCUT2D eigenvalue weighted by Gasteiger charge is 2.11. The Labute approximate surface area is 114 Å². The molecule has 3 N–H and O–H groups in total. The first-order valence-electron chi connectivity index (χ1n) is 5.76. The van der Waals surface area contributed by atoms with Crippen molar-refractivity contribution in [1.82, 2.24) is 9.97 Å². The fourth-order valence-electron chi connectivity index (χ4n) is 2.08. The maximum absolute atomic E-state index is 13.3. The van der Waals surface area contributed by atoms with Gasteiger partial charge in [0, 0.05) is 10.6 Å². The second-order valence-corrected chi connectivity index (χ2v) is 4.87. The van der Waals surface area contributed by atoms with E-state index in [4.69, 9.17) is 17.3 Å². The number of H-pyrrole nitrogens is 1. The first-order chi connectivity index (χ1) is 9.04. The van der Waals surface area contributed by atoms with Crippen molar-refractivity contribution in [2.45, 2.75) is 6.92 Å². The lowest BCUT2D eigenvalue weighted by Gasteiger charge is -2.01. The van der Waals surface area contributed by atoms with Crippen molar-refractivity contribution in [3.8, 4) is 11.4 Å². The number of anilines is 1. The normalized spacial score (nSPS) is 11.1. The quantitative estimate of drug-likeness (QED) is 0.662. The number of aryl methyl sites for hydroxylation is 1. The van der Waals surface area contributed by atoms with E-state index in [1.807, 2.05) is 6.92 Å². The van der Waals surface area contributed by atoms with Crippen molar-refractivity contribution in [1.29, 1.82) is 0 Å². The number of halogens is 2. The molecule has 1 aromatic heterocycles. The predicted octanol–water partition coefficient (Wildman–Crippen LogP) is 3.91. The van der Waals surface area contributed by atoms with Crippen molar-refractivity contribution < 1.29 is 4.39 Å². The van der Waals surface area contributed by atoms with Gasteiger partial charge in [0.05, 0.1) is 11.2 Å². The molecule has 0 fully saturated rings. The minimum atomic E-state index is -0.299. The molecule has 0 aliphatic carbocycles. The third kappa shape index (κ3) is 2.04. The Bertz CT molecular complexity index is 780. The van der Waals surface area contributed by atoms with Crippen LogP contribution in [-0.4, -0.2) is 9.97 Å². The molecule has 1 heterocycles. The van der Waals surface area contributed by atoms with Crippen LogP contribution in [0, 0.1) is 12.7 Å². The summed E-state index contributed by atoms with van der Waals surface area (Å²) in [5, 5.41) is 0.538. The SMILES string of the molecule is Cc1ccc(F)cc1-c1nc2c(N)cc(Cl)cc2[nH]1. The lowest BCUT2D eigenvalue weighted by atomic mass is 10.1. The summed E-state index contributed by atoms with van der Waals surface area (Å²) in [7, 11) is 0. The summed E-state index contributed by atoms with van der Waals surface area (Å²) >= 11 is 5.95. The molecular weight excluding hydrogens is 265 g/mol. The molecule has 3 rings (SSSR count). The largest absolute Gasteiger partial charge is 0.397 e. The van der Waals surface area contributed by atoms with Gasteiger partial charge in [0.2, 0.25) is 0 Å². The van der Waals surface area contributed by atoms with Gasteiger partial charge in [-0.15, -0.1) is 0 Å². The Morgan fingerprint density at radius 3 is 2.84 bits per heavy atom. The third-order valence-electron chi connectivity index (χ3n) is 3.04. The van der Waals surface area contributed by atoms with Crippen molar-refractivity contribution in [3.63, 3.8) is 0 Å². The monoisotopic (exact) mass is 275 g/mol. The van der Waals surface area contributed by atoms with Gasteiger partial charge < -0.3 is 10.7 Å². The van der Waals surface area contributed by atoms with Crippen LogP contribution in [0.4, 0.5) is 10.1 Å². The number of fused-ring (bicyclic) bond motifs is 1. The van der Waals surface area contributed by atoms with Gasteiger partial charge in [0.15, 0.2) is 0 Å². The van der Waals surface area contributed by atoms with E-state index in [9.17, 15) is 4.39 Å². The molecule has 19 heavy (non-hydrogen) atoms. The molecule has 0 aliphatic rings. The Morgan fingerprint density at radius 1 is 1.26 bits per heavy atom. The van der Waals surface area contributed by atoms with E-state index in [-0.39, 0.29) is 5.82 Å². The minimum Gasteiger partial charge on any atom is -0.397 e. The first kappa shape index (κ1) is 12.0. The lowest BCUT2D eigenvalue weighted by molar-refractivity contribution is 0.628. The number of nitrogens with zero attached hydrogens (tertiary/aromatic N) is 1. The Morgan fingerprint density at radius 2 is 2.05 bits per heavy atom. The lowest BCUT2D eigenvalue weighted by Crippen LogP contribution is -1.88. The average Bonchev–Trinajstić information content (AvgIpc) is 2.76. The molecule has 0 aliphatic heterocycles. The van der Waals surface area contributed by atoms with Crippen molar-refractivity contribution in [3.05, 3.63) is 46.7 Å². The molecule has 3 aromatic rings. The van der Waals surface area contributed by atoms with Gasteiger partial charge in [0.1, 0.15) is 17.2 Å². The van der Waals surface area contributed by atoms with Crippen LogP contribution in [0.25, 0.3) is 22.4 Å². The van der Waals surface area contributed by atoms with Gasteiger partial charge in [-0.25, -0.2) is 9.37 Å². The Hall–Kier alpha value is -2.07. The minimum absolute atomic E-state index is 0.299. The van der Waals surface area contributed by atoms with Crippen LogP contribution in [-0.2, 0) is 0 Å². The molecule has 0 atom stereocenters. The van der Waals surface area contributed by atoms with Gasteiger partial charge >= 0.3 is 0 Å². The Balaban J connectivity index is 2.26. The van der Waals surface area contributed by atoms with Crippen LogP contribution in [0.3, 0.4) is 0 Å². The van der Waals surface area contributed by atoms with E-state index >= 15 is 0 Å². The third-order valence-corrected chi connectivity index (χ3v) is 3.25. The number of nitrogen functional groups attached to an aromatic ring is 1. The number of hydrogen-bond donors (Lipinski definition) is 2. The van der Waals surface area contributed by atoms with Crippen LogP contribution in [0.1, 0.15) is 5.56 Å². The molecular formula is C14H11ClFN3. The summed E-state index contributed by atoms with van der Waals surface area (Å²) in [5.41, 5.74) is 9.41. The van der Waals surface area contributed by atoms with Crippen LogP contribution < -0.4 is 5.73 Å². The van der Waals surface area contributed by atoms with Crippen LogP contribution in [0.15, 0.2) is 30.3 Å². The maximum Gasteiger partial charge on any atom is 0.138 e. The van der Waals surface area contributed by atoms with Gasteiger partial charge in [-0.1, -0.05) is 17.7 Å². The number of imidazole rings is 1. The smallest absolute Gasteiger partial charge is 0.138 e. The van der Waals surface area contributed by atoms with Crippen molar-refractivity contribution in [2.24, 2.45) is 0 Å². The number of aromatic amines is 1. The number of hydrogen-bond acceptors (Lipinski definition) is 2. The predicted molar refractivity (Wildman–Crippen MR) is 75.6 cm³/mol. The topological polar surface area (TPSA) is 54.7 Å². The van der Waals surface area contributed by atoms with Crippen molar-refractivity contribution in [2.75, 3.05) is 5.73 Å². The summed E-state index contributed by atoms with van der Waals surface area (Å²) in [4.78, 5) is 7.54. The van der Waals surface area contributed by atoms with E-state index in [0.717, 1.165) is 11.1 Å². The second-order valence-electron chi connectivity index (χ2n) is 4.44. The zero-order valence-corrected chi connectivity index (χ0v) is 10.9. The molecule has 0 spiro atoms. The number of rotatable bonds is 1. The highest BCUT2D eigenvalue weighted by Crippen LogP contribution is 2.29. The summed E-state index contributed by atoms with van der Waals surface area (Å²) in [6.45, 7) is 1.90. The molecule has 0 bridgehead atoms. The molecule has 0 saturated heterocycles. The van der Waals surface area contributed by atoms with E-state index in [1.54, 1.807) is 18.2 Å². The van der Waals surface area contributed by atoms with Gasteiger partial charge in [0.25, 0.3) is 0 Å². The standard InChI is InChI=1S/C14H11ClFN3/c1-7-2-3-9(16)6-10(7)14-18-12-5-8(15)4-11(17)13(12)19-14/h2-6H,17H2,1H3,(H,18,19). The number of nitrogens with one attached hydrogen (secondary N) is 1. The highest BCUT2D eigenvalue weighted by molar-refractivity contribution is 6.31. The molecule has 0 radical (unpaired) electrons. The molecule has 3 nitrogen and oxygen atoms in total. The van der Waals surface area contributed by atoms with Crippen LogP contribution in [0.5, 0.6) is 0 Å². The molecule has 2 aromatic carbocycles. The summed E-state index contributed by atoms with van der Waals surface area (Å²) in [5.74, 6) is 0.285. The zero-order valence-electron chi connectivity index (χ0n) is 10.2.